The average Bonchev–Trinajstić information content (AvgIpc) is 2.71. The topological polar surface area (TPSA) is 21.3 Å². The molecule has 1 aromatic carbocycles. The highest BCUT2D eigenvalue weighted by Crippen LogP contribution is 2.33. The van der Waals surface area contributed by atoms with Gasteiger partial charge in [0.2, 0.25) is 0 Å². The van der Waals surface area contributed by atoms with Gasteiger partial charge in [-0.2, -0.15) is 0 Å². The molecule has 1 aromatic rings. The van der Waals surface area contributed by atoms with Gasteiger partial charge in [0.25, 0.3) is 0 Å². The lowest BCUT2D eigenvalue weighted by Crippen LogP contribution is -2.13. The largest absolute Gasteiger partial charge is 0.496 e. The van der Waals surface area contributed by atoms with Crippen LogP contribution in [0.15, 0.2) is 12.1 Å². The maximum atomic E-state index is 6.24. The predicted molar refractivity (Wildman–Crippen MR) is 62.7 cm³/mol. The summed E-state index contributed by atoms with van der Waals surface area (Å²) in [6.45, 7) is 3.09. The van der Waals surface area contributed by atoms with Gasteiger partial charge in [0.05, 0.1) is 7.11 Å². The molecule has 0 saturated carbocycles. The molecule has 3 heteroatoms. The van der Waals surface area contributed by atoms with Crippen molar-refractivity contribution in [1.29, 1.82) is 0 Å². The van der Waals surface area contributed by atoms with Crippen molar-refractivity contribution in [2.75, 3.05) is 13.7 Å². The fraction of sp³-hybridized carbons (Fsp3) is 0.500. The van der Waals surface area contributed by atoms with Crippen LogP contribution in [0.5, 0.6) is 5.75 Å². The van der Waals surface area contributed by atoms with E-state index >= 15 is 0 Å². The van der Waals surface area contributed by atoms with Crippen molar-refractivity contribution in [3.63, 3.8) is 0 Å². The Morgan fingerprint density at radius 3 is 2.87 bits per heavy atom. The van der Waals surface area contributed by atoms with Crippen molar-refractivity contribution in [2.24, 2.45) is 0 Å². The summed E-state index contributed by atoms with van der Waals surface area (Å²) < 4.78 is 5.31. The summed E-state index contributed by atoms with van der Waals surface area (Å²) in [5.74, 6) is 0.920. The molecule has 15 heavy (non-hydrogen) atoms. The smallest absolute Gasteiger partial charge is 0.122 e. The molecular formula is C12H16ClNO. The molecule has 1 heterocycles. The second kappa shape index (κ2) is 4.42. The van der Waals surface area contributed by atoms with Crippen molar-refractivity contribution in [2.45, 2.75) is 25.8 Å². The van der Waals surface area contributed by atoms with Crippen molar-refractivity contribution in [3.8, 4) is 5.75 Å². The van der Waals surface area contributed by atoms with Crippen LogP contribution in [0, 0.1) is 6.92 Å². The highest BCUT2D eigenvalue weighted by atomic mass is 35.5. The van der Waals surface area contributed by atoms with E-state index in [4.69, 9.17) is 16.3 Å². The number of aryl methyl sites for hydroxylation is 1. The van der Waals surface area contributed by atoms with Gasteiger partial charge in [-0.15, -0.1) is 0 Å². The van der Waals surface area contributed by atoms with Crippen LogP contribution in [0.4, 0.5) is 0 Å². The molecule has 0 spiro atoms. The summed E-state index contributed by atoms with van der Waals surface area (Å²) in [6, 6.07) is 4.43. The van der Waals surface area contributed by atoms with E-state index < -0.39 is 0 Å². The number of ether oxygens (including phenoxy) is 1. The Hall–Kier alpha value is -0.730. The first-order valence-corrected chi connectivity index (χ1v) is 5.67. The molecule has 1 saturated heterocycles. The van der Waals surface area contributed by atoms with E-state index in [2.05, 4.69) is 11.4 Å². The van der Waals surface area contributed by atoms with Gasteiger partial charge in [-0.1, -0.05) is 11.6 Å². The first kappa shape index (κ1) is 10.8. The number of nitrogens with one attached hydrogen (secondary N) is 1. The van der Waals surface area contributed by atoms with Gasteiger partial charge in [0.15, 0.2) is 0 Å². The lowest BCUT2D eigenvalue weighted by Gasteiger charge is -2.15. The van der Waals surface area contributed by atoms with Crippen molar-refractivity contribution >= 4 is 11.6 Å². The van der Waals surface area contributed by atoms with Crippen molar-refractivity contribution in [3.05, 3.63) is 28.3 Å². The van der Waals surface area contributed by atoms with E-state index in [1.165, 1.54) is 6.42 Å². The van der Waals surface area contributed by atoms with Crippen LogP contribution in [0.1, 0.15) is 30.0 Å². The molecule has 2 rings (SSSR count). The van der Waals surface area contributed by atoms with E-state index in [1.54, 1.807) is 7.11 Å². The SMILES string of the molecule is COc1cc(C2CCCN2)c(Cl)cc1C. The van der Waals surface area contributed by atoms with Gasteiger partial charge >= 0.3 is 0 Å². The molecule has 0 amide bonds. The number of halogens is 1. The summed E-state index contributed by atoms with van der Waals surface area (Å²) in [7, 11) is 1.70. The molecule has 1 fully saturated rings. The van der Waals surface area contributed by atoms with Gasteiger partial charge in [-0.25, -0.2) is 0 Å². The molecule has 1 unspecified atom stereocenters. The molecule has 2 nitrogen and oxygen atoms in total. The van der Waals surface area contributed by atoms with Gasteiger partial charge in [0.1, 0.15) is 5.75 Å². The van der Waals surface area contributed by atoms with Gasteiger partial charge in [0, 0.05) is 11.1 Å². The van der Waals surface area contributed by atoms with Crippen LogP contribution in [-0.2, 0) is 0 Å². The minimum absolute atomic E-state index is 0.395. The van der Waals surface area contributed by atoms with E-state index in [9.17, 15) is 0 Å². The van der Waals surface area contributed by atoms with Crippen LogP contribution >= 0.6 is 11.6 Å². The summed E-state index contributed by atoms with van der Waals surface area (Å²) in [4.78, 5) is 0. The molecule has 0 aliphatic carbocycles. The predicted octanol–water partition coefficient (Wildman–Crippen LogP) is 3.08. The molecule has 1 aliphatic rings. The third kappa shape index (κ3) is 2.11. The maximum absolute atomic E-state index is 6.24. The molecule has 0 aromatic heterocycles. The fourth-order valence-electron chi connectivity index (χ4n) is 2.11. The average molecular weight is 226 g/mol. The zero-order valence-corrected chi connectivity index (χ0v) is 9.90. The molecule has 1 aliphatic heterocycles. The Balaban J connectivity index is 2.37. The number of hydrogen-bond donors (Lipinski definition) is 1. The highest BCUT2D eigenvalue weighted by molar-refractivity contribution is 6.31. The summed E-state index contributed by atoms with van der Waals surface area (Å²) in [5.41, 5.74) is 2.25. The Morgan fingerprint density at radius 1 is 1.47 bits per heavy atom. The van der Waals surface area contributed by atoms with E-state index in [1.807, 2.05) is 13.0 Å². The number of rotatable bonds is 2. The molecule has 0 bridgehead atoms. The first-order valence-electron chi connectivity index (χ1n) is 5.30. The van der Waals surface area contributed by atoms with E-state index in [0.717, 1.165) is 34.9 Å². The molecule has 0 radical (unpaired) electrons. The van der Waals surface area contributed by atoms with Crippen molar-refractivity contribution < 1.29 is 4.74 Å². The lowest BCUT2D eigenvalue weighted by molar-refractivity contribution is 0.410. The monoisotopic (exact) mass is 225 g/mol. The fourth-order valence-corrected chi connectivity index (χ4v) is 2.46. The van der Waals surface area contributed by atoms with Gasteiger partial charge < -0.3 is 10.1 Å². The Bertz CT molecular complexity index is 359. The standard InChI is InChI=1S/C12H16ClNO/c1-8-6-10(13)9(7-12(8)15-2)11-4-3-5-14-11/h6-7,11,14H,3-5H2,1-2H3. The highest BCUT2D eigenvalue weighted by Gasteiger charge is 2.19. The molecule has 1 N–H and O–H groups in total. The van der Waals surface area contributed by atoms with Crippen LogP contribution in [0.3, 0.4) is 0 Å². The maximum Gasteiger partial charge on any atom is 0.122 e. The lowest BCUT2D eigenvalue weighted by atomic mass is 10.0. The second-order valence-electron chi connectivity index (χ2n) is 3.99. The normalized spacial score (nSPS) is 20.6. The number of methoxy groups -OCH3 is 1. The summed E-state index contributed by atoms with van der Waals surface area (Å²) in [6.07, 6.45) is 2.38. The first-order chi connectivity index (χ1) is 7.22. The summed E-state index contributed by atoms with van der Waals surface area (Å²) in [5, 5.41) is 4.28. The van der Waals surface area contributed by atoms with Gasteiger partial charge in [-0.3, -0.25) is 0 Å². The quantitative estimate of drug-likeness (QED) is 0.835. The van der Waals surface area contributed by atoms with Crippen LogP contribution in [0.2, 0.25) is 5.02 Å². The third-order valence-electron chi connectivity index (χ3n) is 2.95. The Kier molecular flexibility index (Phi) is 3.17. The number of hydrogen-bond acceptors (Lipinski definition) is 2. The van der Waals surface area contributed by atoms with E-state index in [0.29, 0.717) is 6.04 Å². The minimum atomic E-state index is 0.395. The third-order valence-corrected chi connectivity index (χ3v) is 3.28. The second-order valence-corrected chi connectivity index (χ2v) is 4.40. The molecular weight excluding hydrogens is 210 g/mol. The van der Waals surface area contributed by atoms with E-state index in [-0.39, 0.29) is 0 Å². The van der Waals surface area contributed by atoms with Gasteiger partial charge in [-0.05, 0) is 49.6 Å². The Labute approximate surface area is 95.6 Å². The molecule has 82 valence electrons. The Morgan fingerprint density at radius 2 is 2.27 bits per heavy atom. The van der Waals surface area contributed by atoms with Crippen LogP contribution in [0.25, 0.3) is 0 Å². The van der Waals surface area contributed by atoms with Crippen LogP contribution in [-0.4, -0.2) is 13.7 Å². The van der Waals surface area contributed by atoms with Crippen LogP contribution < -0.4 is 10.1 Å². The number of benzene rings is 1. The minimum Gasteiger partial charge on any atom is -0.496 e. The zero-order valence-electron chi connectivity index (χ0n) is 9.14. The summed E-state index contributed by atoms with van der Waals surface area (Å²) >= 11 is 6.24. The zero-order chi connectivity index (χ0) is 10.8. The van der Waals surface area contributed by atoms with Crippen molar-refractivity contribution in [1.82, 2.24) is 5.32 Å². The molecule has 1 atom stereocenters.